The minimum absolute atomic E-state index is 0.197. The van der Waals surface area contributed by atoms with E-state index in [-0.39, 0.29) is 37.3 Å². The molecule has 3 fully saturated rings. The first-order chi connectivity index (χ1) is 10.1. The number of rotatable bonds is 4. The van der Waals surface area contributed by atoms with Crippen LogP contribution in [0.1, 0.15) is 27.2 Å². The molecular formula is C15H22O6. The van der Waals surface area contributed by atoms with E-state index in [4.69, 9.17) is 34.8 Å². The maximum absolute atomic E-state index is 6.01. The molecule has 0 amide bonds. The molecular weight excluding hydrogens is 276 g/mol. The second-order valence-electron chi connectivity index (χ2n) is 5.71. The smallest absolute Gasteiger partial charge is 0.190 e. The molecule has 0 aromatic carbocycles. The van der Waals surface area contributed by atoms with Gasteiger partial charge in [-0.2, -0.15) is 0 Å². The molecule has 21 heavy (non-hydrogen) atoms. The molecule has 0 radical (unpaired) electrons. The van der Waals surface area contributed by atoms with Crippen LogP contribution in [0, 0.1) is 12.3 Å². The van der Waals surface area contributed by atoms with E-state index in [1.165, 1.54) is 0 Å². The van der Waals surface area contributed by atoms with E-state index in [0.717, 1.165) is 6.42 Å². The van der Waals surface area contributed by atoms with Crippen LogP contribution in [0.3, 0.4) is 0 Å². The third-order valence-electron chi connectivity index (χ3n) is 4.19. The van der Waals surface area contributed by atoms with Crippen molar-refractivity contribution in [1.82, 2.24) is 0 Å². The Morgan fingerprint density at radius 1 is 1.29 bits per heavy atom. The summed E-state index contributed by atoms with van der Waals surface area (Å²) in [5, 5.41) is 0. The van der Waals surface area contributed by atoms with Gasteiger partial charge in [0.1, 0.15) is 31.0 Å². The first kappa shape index (κ1) is 15.2. The quantitative estimate of drug-likeness (QED) is 0.723. The Morgan fingerprint density at radius 2 is 2.10 bits per heavy atom. The summed E-state index contributed by atoms with van der Waals surface area (Å²) >= 11 is 0. The first-order valence-corrected chi connectivity index (χ1v) is 7.39. The second-order valence-corrected chi connectivity index (χ2v) is 5.71. The van der Waals surface area contributed by atoms with Gasteiger partial charge in [0.2, 0.25) is 0 Å². The third-order valence-corrected chi connectivity index (χ3v) is 4.19. The van der Waals surface area contributed by atoms with E-state index in [9.17, 15) is 0 Å². The zero-order valence-electron chi connectivity index (χ0n) is 12.6. The van der Waals surface area contributed by atoms with Gasteiger partial charge < -0.3 is 28.4 Å². The Bertz CT molecular complexity index is 421. The average Bonchev–Trinajstić information content (AvgIpc) is 3.10. The highest BCUT2D eigenvalue weighted by molar-refractivity contribution is 4.99. The van der Waals surface area contributed by atoms with Crippen LogP contribution in [0.15, 0.2) is 0 Å². The van der Waals surface area contributed by atoms with Gasteiger partial charge in [0, 0.05) is 0 Å². The number of hydrogen-bond acceptors (Lipinski definition) is 6. The van der Waals surface area contributed by atoms with Crippen molar-refractivity contribution in [2.75, 3.05) is 13.2 Å². The molecule has 0 spiro atoms. The predicted molar refractivity (Wildman–Crippen MR) is 72.2 cm³/mol. The van der Waals surface area contributed by atoms with E-state index in [1.54, 1.807) is 0 Å². The molecule has 3 rings (SSSR count). The molecule has 0 aromatic rings. The second kappa shape index (κ2) is 5.84. The normalized spacial score (nSPS) is 49.2. The Labute approximate surface area is 125 Å². The monoisotopic (exact) mass is 298 g/mol. The molecule has 118 valence electrons. The van der Waals surface area contributed by atoms with Crippen LogP contribution in [0.4, 0.5) is 0 Å². The molecule has 3 aliphatic rings. The van der Waals surface area contributed by atoms with Crippen molar-refractivity contribution in [1.29, 1.82) is 0 Å². The fourth-order valence-electron chi connectivity index (χ4n) is 2.96. The van der Waals surface area contributed by atoms with Crippen molar-refractivity contribution < 1.29 is 28.4 Å². The first-order valence-electron chi connectivity index (χ1n) is 7.39. The molecule has 2 unspecified atom stereocenters. The van der Waals surface area contributed by atoms with Gasteiger partial charge in [-0.15, -0.1) is 6.42 Å². The molecule has 0 saturated carbocycles. The molecule has 7 atom stereocenters. The molecule has 6 nitrogen and oxygen atoms in total. The lowest BCUT2D eigenvalue weighted by Gasteiger charge is -2.29. The summed E-state index contributed by atoms with van der Waals surface area (Å²) < 4.78 is 34.8. The van der Waals surface area contributed by atoms with E-state index in [1.807, 2.05) is 20.8 Å². The van der Waals surface area contributed by atoms with Crippen LogP contribution in [0.5, 0.6) is 0 Å². The summed E-state index contributed by atoms with van der Waals surface area (Å²) in [5.74, 6) is 1.84. The van der Waals surface area contributed by atoms with Crippen molar-refractivity contribution in [3.05, 3.63) is 0 Å². The topological polar surface area (TPSA) is 55.4 Å². The largest absolute Gasteiger partial charge is 0.360 e. The Balaban J connectivity index is 1.73. The minimum atomic E-state index is -0.640. The summed E-state index contributed by atoms with van der Waals surface area (Å²) in [4.78, 5) is 0. The van der Waals surface area contributed by atoms with Crippen LogP contribution in [0.25, 0.3) is 0 Å². The van der Waals surface area contributed by atoms with Gasteiger partial charge in [-0.25, -0.2) is 0 Å². The summed E-state index contributed by atoms with van der Waals surface area (Å²) in [6.45, 7) is 6.42. The van der Waals surface area contributed by atoms with Crippen molar-refractivity contribution in [3.63, 3.8) is 0 Å². The van der Waals surface area contributed by atoms with Gasteiger partial charge in [0.15, 0.2) is 18.4 Å². The molecule has 3 saturated heterocycles. The fourth-order valence-corrected chi connectivity index (χ4v) is 2.96. The Kier molecular flexibility index (Phi) is 4.23. The van der Waals surface area contributed by atoms with Crippen molar-refractivity contribution in [3.8, 4) is 12.3 Å². The van der Waals surface area contributed by atoms with E-state index in [2.05, 4.69) is 5.92 Å². The predicted octanol–water partition coefficient (Wildman–Crippen LogP) is 1.03. The molecule has 0 bridgehead atoms. The van der Waals surface area contributed by atoms with Gasteiger partial charge >= 0.3 is 0 Å². The number of hydrogen-bond donors (Lipinski definition) is 0. The van der Waals surface area contributed by atoms with Crippen LogP contribution < -0.4 is 0 Å². The Hall–Kier alpha value is -0.680. The van der Waals surface area contributed by atoms with Crippen LogP contribution in [-0.2, 0) is 28.4 Å². The molecule has 0 N–H and O–H groups in total. The third kappa shape index (κ3) is 2.82. The van der Waals surface area contributed by atoms with Crippen LogP contribution >= 0.6 is 0 Å². The van der Waals surface area contributed by atoms with E-state index >= 15 is 0 Å². The average molecular weight is 298 g/mol. The summed E-state index contributed by atoms with van der Waals surface area (Å²) in [6.07, 6.45) is 4.21. The summed E-state index contributed by atoms with van der Waals surface area (Å²) in [6, 6.07) is 0. The van der Waals surface area contributed by atoms with Crippen molar-refractivity contribution in [2.45, 2.75) is 70.0 Å². The summed E-state index contributed by atoms with van der Waals surface area (Å²) in [5.41, 5.74) is 0. The summed E-state index contributed by atoms with van der Waals surface area (Å²) in [7, 11) is 0. The zero-order valence-corrected chi connectivity index (χ0v) is 12.6. The molecule has 3 heterocycles. The van der Waals surface area contributed by atoms with E-state index in [0.29, 0.717) is 6.61 Å². The maximum atomic E-state index is 6.01. The molecule has 0 aliphatic carbocycles. The van der Waals surface area contributed by atoms with Gasteiger partial charge in [0.25, 0.3) is 0 Å². The van der Waals surface area contributed by atoms with Gasteiger partial charge in [-0.3, -0.25) is 0 Å². The van der Waals surface area contributed by atoms with Crippen molar-refractivity contribution in [2.24, 2.45) is 0 Å². The van der Waals surface area contributed by atoms with Gasteiger partial charge in [-0.1, -0.05) is 12.8 Å². The number of terminal acetylenes is 1. The molecule has 6 heteroatoms. The van der Waals surface area contributed by atoms with Gasteiger partial charge in [-0.05, 0) is 20.3 Å². The Morgan fingerprint density at radius 3 is 2.71 bits per heavy atom. The highest BCUT2D eigenvalue weighted by Crippen LogP contribution is 2.42. The van der Waals surface area contributed by atoms with Crippen LogP contribution in [0.2, 0.25) is 0 Å². The number of fused-ring (bicyclic) bond motifs is 1. The lowest BCUT2D eigenvalue weighted by atomic mass is 10.1. The maximum Gasteiger partial charge on any atom is 0.190 e. The number of ether oxygens (including phenoxy) is 6. The lowest BCUT2D eigenvalue weighted by molar-refractivity contribution is -0.238. The van der Waals surface area contributed by atoms with Crippen molar-refractivity contribution >= 4 is 0 Å². The van der Waals surface area contributed by atoms with Gasteiger partial charge in [0.05, 0.1) is 6.61 Å². The minimum Gasteiger partial charge on any atom is -0.360 e. The molecule has 0 aromatic heterocycles. The SMILES string of the molecule is C#CCO[C@@H]1[C@H]2OC(C)(CC)O[C@H]2O[C@@H]1[C@H]1COC(C)O1. The lowest BCUT2D eigenvalue weighted by Crippen LogP contribution is -2.44. The molecule has 3 aliphatic heterocycles. The van der Waals surface area contributed by atoms with E-state index < -0.39 is 12.1 Å². The fraction of sp³-hybridized carbons (Fsp3) is 0.867. The standard InChI is InChI=1S/C15H22O6/c1-5-7-16-12-11(10-8-17-9(3)18-10)19-14-13(12)20-15(4,6-2)21-14/h1,9-14H,6-8H2,2-4H3/t9?,10-,11-,12+,13-,14-,15?/m1/s1. The highest BCUT2D eigenvalue weighted by Gasteiger charge is 2.58. The van der Waals surface area contributed by atoms with Crippen LogP contribution in [-0.4, -0.2) is 56.0 Å². The highest BCUT2D eigenvalue weighted by atomic mass is 16.8. The zero-order chi connectivity index (χ0) is 15.0.